The molecule has 5 aliphatic heterocycles. The molecule has 5 heterocycles. The molecule has 30 nitrogen and oxygen atoms in total. The number of aromatic carboxylic acids is 1. The number of rotatable bonds is 20. The molecule has 6 N–H and O–H groups in total. The van der Waals surface area contributed by atoms with E-state index < -0.39 is 55.3 Å². The van der Waals surface area contributed by atoms with Crippen LogP contribution < -0.4 is 28.4 Å². The maximum atomic E-state index is 12.6. The molecule has 0 spiro atoms. The van der Waals surface area contributed by atoms with Crippen molar-refractivity contribution in [2.75, 3.05) is 68.1 Å². The van der Waals surface area contributed by atoms with Gasteiger partial charge >= 0.3 is 20.0 Å². The Hall–Kier alpha value is -11.8. The number of carbonyl (C=O) groups is 8. The minimum Gasteiger partial charge on any atom is -0.508 e. The number of Topliss-reactive ketones (excluding diaryl/α,β-unsaturated/α-hetero) is 5. The molecule has 772 valence electrons. The Morgan fingerprint density at radius 3 is 0.855 bits per heavy atom. The van der Waals surface area contributed by atoms with Gasteiger partial charge in [0.15, 0.2) is 60.4 Å². The summed E-state index contributed by atoms with van der Waals surface area (Å²) in [5.74, 6) is -0.521. The molecule has 16 rings (SSSR count). The van der Waals surface area contributed by atoms with Crippen LogP contribution in [-0.2, 0) is 47.0 Å². The van der Waals surface area contributed by atoms with Crippen LogP contribution in [0.1, 0.15) is 208 Å². The lowest BCUT2D eigenvalue weighted by Crippen LogP contribution is -2.41. The van der Waals surface area contributed by atoms with E-state index in [-0.39, 0.29) is 110 Å². The Labute approximate surface area is 878 Å². The van der Waals surface area contributed by atoms with Gasteiger partial charge in [-0.2, -0.15) is 0 Å². The molecule has 0 amide bonds. The third-order valence-corrected chi connectivity index (χ3v) is 25.3. The molecule has 0 bridgehead atoms. The molecule has 5 fully saturated rings. The van der Waals surface area contributed by atoms with Crippen molar-refractivity contribution in [1.82, 2.24) is 0 Å². The first-order valence-corrected chi connectivity index (χ1v) is 47.8. The lowest BCUT2D eigenvalue weighted by atomic mass is 9.49. The van der Waals surface area contributed by atoms with Gasteiger partial charge in [-0.05, 0) is 254 Å². The van der Waals surface area contributed by atoms with Crippen LogP contribution in [0, 0.1) is 23.3 Å². The highest BCUT2D eigenvalue weighted by molar-refractivity contribution is 9.11. The number of benzene rings is 11. The van der Waals surface area contributed by atoms with E-state index in [2.05, 4.69) is 79.6 Å². The fourth-order valence-electron chi connectivity index (χ4n) is 12.8. The summed E-state index contributed by atoms with van der Waals surface area (Å²) in [6, 6.07) is 49.1. The maximum Gasteiger partial charge on any atom is 0.488 e. The number of ether oxygens (including phenoxy) is 12. The van der Waals surface area contributed by atoms with E-state index in [1.807, 2.05) is 73.6 Å². The van der Waals surface area contributed by atoms with Gasteiger partial charge in [0.1, 0.15) is 104 Å². The predicted octanol–water partition coefficient (Wildman–Crippen LogP) is 24.4. The number of phenolic OH excluding ortho intramolecular Hbond substituents is 4. The van der Waals surface area contributed by atoms with Crippen LogP contribution in [0.5, 0.6) is 74.7 Å². The number of aromatic hydroxyl groups is 5. The summed E-state index contributed by atoms with van der Waals surface area (Å²) in [6.45, 7) is 26.9. The van der Waals surface area contributed by atoms with E-state index >= 15 is 0 Å². The van der Waals surface area contributed by atoms with Crippen LogP contribution >= 0.6 is 79.6 Å². The van der Waals surface area contributed by atoms with Gasteiger partial charge in [-0.15, -0.1) is 0 Å². The van der Waals surface area contributed by atoms with Crippen molar-refractivity contribution in [3.63, 3.8) is 0 Å². The van der Waals surface area contributed by atoms with Crippen LogP contribution in [0.15, 0.2) is 223 Å². The third-order valence-electron chi connectivity index (χ3n) is 21.7. The second-order valence-electron chi connectivity index (χ2n) is 33.2. The topological polar surface area (TPSA) is 406 Å². The Kier molecular flexibility index (Phi) is 46.6. The largest absolute Gasteiger partial charge is 0.508 e. The van der Waals surface area contributed by atoms with E-state index in [9.17, 15) is 66.1 Å². The number of carboxylic acid groups (broad SMARTS) is 1. The second kappa shape index (κ2) is 56.2. The third kappa shape index (κ3) is 35.8. The lowest BCUT2D eigenvalue weighted by Gasteiger charge is -2.32. The molecule has 145 heavy (non-hydrogen) atoms. The Morgan fingerprint density at radius 1 is 0.317 bits per heavy atom. The monoisotopic (exact) mass is 2330 g/mol. The minimum absolute atomic E-state index is 0.0557. The van der Waals surface area contributed by atoms with Crippen molar-refractivity contribution < 1.29 is 162 Å². The van der Waals surface area contributed by atoms with Gasteiger partial charge in [-0.3, -0.25) is 33.6 Å². The van der Waals surface area contributed by atoms with Crippen molar-refractivity contribution in [3.05, 3.63) is 307 Å². The Bertz CT molecular complexity index is 6080. The smallest absolute Gasteiger partial charge is 0.488 e. The summed E-state index contributed by atoms with van der Waals surface area (Å²) in [4.78, 5) is 87.0. The molecule has 0 radical (unpaired) electrons. The first kappa shape index (κ1) is 120. The van der Waals surface area contributed by atoms with E-state index in [0.29, 0.717) is 123 Å². The average Bonchev–Trinajstić information content (AvgIpc) is 1.59. The molecule has 11 aromatic rings. The van der Waals surface area contributed by atoms with Gasteiger partial charge in [0.05, 0.1) is 118 Å². The number of hydrogen-bond donors (Lipinski definition) is 6. The highest BCUT2D eigenvalue weighted by Crippen LogP contribution is 2.45. The number of ketones is 5. The van der Waals surface area contributed by atoms with Gasteiger partial charge in [0.25, 0.3) is 0 Å². The molecular weight excluding hydrogens is 2230 g/mol. The van der Waals surface area contributed by atoms with Crippen molar-refractivity contribution in [2.24, 2.45) is 0 Å². The summed E-state index contributed by atoms with van der Waals surface area (Å²) in [5, 5.41) is 53.6. The molecule has 0 atom stereocenters. The Balaban J connectivity index is 0.000000221. The highest BCUT2D eigenvalue weighted by atomic mass is 79.9. The van der Waals surface area contributed by atoms with Crippen molar-refractivity contribution in [3.8, 4) is 74.7 Å². The van der Waals surface area contributed by atoms with Gasteiger partial charge in [-0.1, -0.05) is 79.6 Å². The van der Waals surface area contributed by atoms with Crippen molar-refractivity contribution in [2.45, 2.75) is 131 Å². The quantitative estimate of drug-likeness (QED) is 0.0179. The number of methoxy groups -OCH3 is 4. The first-order valence-electron chi connectivity index (χ1n) is 43.8. The zero-order chi connectivity index (χ0) is 108. The number of halogens is 9. The molecule has 5 saturated heterocycles. The van der Waals surface area contributed by atoms with Crippen molar-refractivity contribution in [1.29, 1.82) is 0 Å². The molecule has 0 saturated carbocycles. The minimum atomic E-state index is -1.28. The Morgan fingerprint density at radius 2 is 0.559 bits per heavy atom. The van der Waals surface area contributed by atoms with E-state index in [1.54, 1.807) is 97.1 Å². The van der Waals surface area contributed by atoms with Crippen LogP contribution in [0.2, 0.25) is 0 Å². The maximum absolute atomic E-state index is 12.6. The number of carboxylic acids is 1. The molecule has 41 heteroatoms. The predicted molar refractivity (Wildman–Crippen MR) is 548 cm³/mol. The van der Waals surface area contributed by atoms with Crippen molar-refractivity contribution >= 4 is 141 Å². The van der Waals surface area contributed by atoms with Gasteiger partial charge in [-0.25, -0.2) is 22.4 Å². The summed E-state index contributed by atoms with van der Waals surface area (Å²) in [6.07, 6.45) is 0.348. The summed E-state index contributed by atoms with van der Waals surface area (Å²) in [5.41, 5.74) is 3.72. The summed E-state index contributed by atoms with van der Waals surface area (Å²) >= 11 is 16.7. The average molecular weight is 2330 g/mol. The molecule has 0 unspecified atom stereocenters. The van der Waals surface area contributed by atoms with Crippen LogP contribution in [0.25, 0.3) is 0 Å². The molecule has 11 aromatic carbocycles. The number of carbonyl (C=O) groups excluding carboxylic acids is 7. The molecule has 0 aromatic heterocycles. The molecular formula is C104H107B2Br5F4O30. The highest BCUT2D eigenvalue weighted by Gasteiger charge is 2.64. The van der Waals surface area contributed by atoms with E-state index in [4.69, 9.17) is 95.9 Å². The number of phenols is 5. The normalized spacial score (nSPS) is 14.7. The number of hydrogen-bond acceptors (Lipinski definition) is 29. The van der Waals surface area contributed by atoms with Gasteiger partial charge in [0.2, 0.25) is 0 Å². The molecule has 5 aliphatic rings. The van der Waals surface area contributed by atoms with Gasteiger partial charge in [0, 0.05) is 86.6 Å². The van der Waals surface area contributed by atoms with Crippen LogP contribution in [0.4, 0.5) is 17.6 Å². The standard InChI is InChI=1S/C18H17BrO5.C16H13BrO4.C12H24B2O4.2C9H9BrO3.2C9H9FO2.C8H7FO2.C7H5BrO2.C7H5FO3/c1-11(20)14-5-3-13(10-17(14)21-2)24-12-4-6-16(19)15(9-12)18-22-7-8-23-18;1-10(19)14-5-3-13(8-16(14)20-2)21-12-4-6-15(17)11(7-12)9-18;1-9(2)10(3,4)16-13(15-9)14-17-11(5,6)12(7,8)18-14;2*10-8-2-1-6(11)5-7(8)9-12-3-4-13-9;2*1-6(11)8-4-3-7(10)5-9(8)12-2;1-5(10)7-3-2-6(9)4-8(7)11;8-7-2-1-6(10)3-5(7)4-9;8-4-1-2-5(7(10)11)6(9)3-4/h3-6,9-10,18H,7-8H2,1-2H3;3-9H,1-2H3;1-8H3;2*1-2,5,9,11H,3-4H2;2*3-5H,1-2H3;2-4,11H,1H3;1-4,10H;1-3,9H,(H,10,11). The zero-order valence-electron chi connectivity index (χ0n) is 81.7. The zero-order valence-corrected chi connectivity index (χ0v) is 89.6. The number of aldehydes is 2. The fraction of sp³-hybridized carbons (Fsp3) is 0.288. The lowest BCUT2D eigenvalue weighted by molar-refractivity contribution is -0.0449. The molecule has 0 aliphatic carbocycles. The summed E-state index contributed by atoms with van der Waals surface area (Å²) < 4.78 is 142. The van der Waals surface area contributed by atoms with Gasteiger partial charge < -0.3 is 106 Å². The SMILES string of the molecule is CC(=O)c1ccc(F)cc1O.CC1(C)OB(B2OC(C)(C)C(C)(C)O2)OC1(C)C.COc1cc(F)ccc1C(C)=O.COc1cc(F)ccc1C(C)=O.COc1cc(Oc2ccc(Br)c(C3OCCO3)c2)ccc1C(C)=O.COc1cc(Oc2ccc(Br)c(C=O)c2)ccc1C(C)=O.O=C(O)c1ccc(F)cc1O.O=Cc1cc(O)ccc1Br.Oc1ccc(Br)c(C2OCCO2)c1.Oc1ccc(Br)c(C2OCCO2)c1. The first-order chi connectivity index (χ1) is 68.3. The van der Waals surface area contributed by atoms with Crippen LogP contribution in [0.3, 0.4) is 0 Å². The van der Waals surface area contributed by atoms with E-state index in [0.717, 1.165) is 66.7 Å². The second-order valence-corrected chi connectivity index (χ2v) is 37.5. The van der Waals surface area contributed by atoms with Crippen LogP contribution in [-0.4, -0.2) is 183 Å². The van der Waals surface area contributed by atoms with E-state index in [1.165, 1.54) is 118 Å². The summed E-state index contributed by atoms with van der Waals surface area (Å²) in [7, 11) is 4.88. The fourth-order valence-corrected chi connectivity index (χ4v) is 14.8.